The van der Waals surface area contributed by atoms with Gasteiger partial charge in [-0.25, -0.2) is 9.78 Å². The summed E-state index contributed by atoms with van der Waals surface area (Å²) in [6, 6.07) is 3.35. The fraction of sp³-hybridized carbons (Fsp3) is 0.250. The summed E-state index contributed by atoms with van der Waals surface area (Å²) in [7, 11) is 0. The van der Waals surface area contributed by atoms with Crippen molar-refractivity contribution in [3.63, 3.8) is 0 Å². The molecule has 0 amide bonds. The van der Waals surface area contributed by atoms with Gasteiger partial charge >= 0.3 is 5.97 Å². The van der Waals surface area contributed by atoms with Crippen LogP contribution >= 0.6 is 27.7 Å². The van der Waals surface area contributed by atoms with Crippen molar-refractivity contribution in [2.45, 2.75) is 5.44 Å². The maximum Gasteiger partial charge on any atom is 0.355 e. The molecule has 0 fully saturated rings. The summed E-state index contributed by atoms with van der Waals surface area (Å²) < 4.78 is 5.93. The summed E-state index contributed by atoms with van der Waals surface area (Å²) in [5.74, 6) is -0.711. The Labute approximate surface area is 93.8 Å². The van der Waals surface area contributed by atoms with Gasteiger partial charge in [-0.1, -0.05) is 0 Å². The normalized spacial score (nSPS) is 12.1. The fourth-order valence-electron chi connectivity index (χ4n) is 0.741. The van der Waals surface area contributed by atoms with Crippen molar-refractivity contribution < 1.29 is 14.6 Å². The number of hydrogen-bond donors (Lipinski definition) is 1. The van der Waals surface area contributed by atoms with Gasteiger partial charge in [0.15, 0.2) is 0 Å². The van der Waals surface area contributed by atoms with Crippen LogP contribution in [0.25, 0.3) is 0 Å². The van der Waals surface area contributed by atoms with Crippen LogP contribution in [0.4, 0.5) is 0 Å². The van der Waals surface area contributed by atoms with Gasteiger partial charge in [0.25, 0.3) is 0 Å². The highest BCUT2D eigenvalue weighted by Gasteiger charge is 2.17. The first kappa shape index (κ1) is 11.3. The first-order valence-corrected chi connectivity index (χ1v) is 5.75. The largest absolute Gasteiger partial charge is 0.478 e. The Kier molecular flexibility index (Phi) is 4.21. The van der Waals surface area contributed by atoms with E-state index in [1.54, 1.807) is 24.6 Å². The van der Waals surface area contributed by atoms with Gasteiger partial charge in [-0.15, -0.1) is 11.8 Å². The van der Waals surface area contributed by atoms with E-state index >= 15 is 0 Å². The molecule has 1 atom stereocenters. The van der Waals surface area contributed by atoms with Gasteiger partial charge in [-0.05, 0) is 28.3 Å². The zero-order valence-corrected chi connectivity index (χ0v) is 9.71. The predicted octanol–water partition coefficient (Wildman–Crippen LogP) is 2.00. The van der Waals surface area contributed by atoms with Gasteiger partial charge < -0.3 is 9.84 Å². The molecule has 1 aromatic heterocycles. The average Bonchev–Trinajstić information content (AvgIpc) is 2.16. The summed E-state index contributed by atoms with van der Waals surface area (Å²) >= 11 is 4.32. The van der Waals surface area contributed by atoms with E-state index in [-0.39, 0.29) is 0 Å². The number of carboxylic acids is 1. The Morgan fingerprint density at radius 3 is 2.86 bits per heavy atom. The Morgan fingerprint density at radius 2 is 2.43 bits per heavy atom. The third kappa shape index (κ3) is 3.19. The molecule has 1 rings (SSSR count). The molecule has 0 saturated carbocycles. The molecule has 0 bridgehead atoms. The van der Waals surface area contributed by atoms with Crippen LogP contribution < -0.4 is 4.74 Å². The van der Waals surface area contributed by atoms with Crippen LogP contribution in [0, 0.1) is 0 Å². The Morgan fingerprint density at radius 1 is 1.71 bits per heavy atom. The Hall–Kier alpha value is -0.750. The Balaban J connectivity index is 2.67. The van der Waals surface area contributed by atoms with E-state index in [0.717, 1.165) is 16.2 Å². The number of carbonyl (C=O) groups is 1. The van der Waals surface area contributed by atoms with E-state index in [2.05, 4.69) is 20.9 Å². The second kappa shape index (κ2) is 5.21. The quantitative estimate of drug-likeness (QED) is 0.853. The molecule has 0 aliphatic rings. The van der Waals surface area contributed by atoms with Crippen molar-refractivity contribution in [1.29, 1.82) is 0 Å². The maximum absolute atomic E-state index is 10.6. The molecule has 76 valence electrons. The average molecular weight is 278 g/mol. The number of ether oxygens (including phenoxy) is 1. The van der Waals surface area contributed by atoms with E-state index in [0.29, 0.717) is 5.88 Å². The Bertz CT molecular complexity index is 317. The van der Waals surface area contributed by atoms with Crippen LogP contribution in [0.2, 0.25) is 0 Å². The number of pyridine rings is 1. The number of nitrogens with zero attached hydrogens (tertiary/aromatic N) is 1. The van der Waals surface area contributed by atoms with Gasteiger partial charge in [0.05, 0.1) is 0 Å². The highest BCUT2D eigenvalue weighted by atomic mass is 79.9. The molecule has 14 heavy (non-hydrogen) atoms. The molecule has 1 unspecified atom stereocenters. The van der Waals surface area contributed by atoms with Crippen molar-refractivity contribution in [2.75, 3.05) is 6.26 Å². The molecule has 1 aromatic rings. The van der Waals surface area contributed by atoms with E-state index < -0.39 is 11.4 Å². The lowest BCUT2D eigenvalue weighted by Gasteiger charge is -2.10. The molecule has 1 heterocycles. The number of rotatable bonds is 4. The van der Waals surface area contributed by atoms with Gasteiger partial charge in [0, 0.05) is 16.7 Å². The van der Waals surface area contributed by atoms with Crippen molar-refractivity contribution >= 4 is 33.7 Å². The first-order chi connectivity index (χ1) is 6.63. The highest BCUT2D eigenvalue weighted by Crippen LogP contribution is 2.16. The number of aliphatic carboxylic acids is 1. The van der Waals surface area contributed by atoms with Crippen molar-refractivity contribution in [2.24, 2.45) is 0 Å². The second-order valence-electron chi connectivity index (χ2n) is 2.34. The lowest BCUT2D eigenvalue weighted by Crippen LogP contribution is -2.23. The zero-order valence-electron chi connectivity index (χ0n) is 7.31. The number of aromatic nitrogens is 1. The van der Waals surface area contributed by atoms with Gasteiger partial charge in [-0.3, -0.25) is 0 Å². The van der Waals surface area contributed by atoms with E-state index in [1.807, 2.05) is 0 Å². The lowest BCUT2D eigenvalue weighted by atomic mass is 10.5. The number of hydrogen-bond acceptors (Lipinski definition) is 4. The lowest BCUT2D eigenvalue weighted by molar-refractivity contribution is -0.141. The molecule has 1 N–H and O–H groups in total. The van der Waals surface area contributed by atoms with E-state index in [1.165, 1.54) is 0 Å². The van der Waals surface area contributed by atoms with Crippen LogP contribution in [0.15, 0.2) is 22.8 Å². The minimum atomic E-state index is -1.01. The molecule has 6 heteroatoms. The summed E-state index contributed by atoms with van der Waals surface area (Å²) in [5.41, 5.74) is -0.913. The van der Waals surface area contributed by atoms with Crippen molar-refractivity contribution in [3.05, 3.63) is 22.8 Å². The standard InChI is InChI=1S/C8H8BrNO3S/c1-14-8(7(11)12)13-6-3-2-5(9)4-10-6/h2-4,8H,1H3,(H,11,12). The molecule has 0 spiro atoms. The number of halogens is 1. The second-order valence-corrected chi connectivity index (χ2v) is 4.15. The number of thioether (sulfide) groups is 1. The van der Waals surface area contributed by atoms with E-state index in [9.17, 15) is 4.79 Å². The SMILES string of the molecule is CSC(Oc1ccc(Br)cn1)C(=O)O. The molecule has 0 aliphatic carbocycles. The minimum Gasteiger partial charge on any atom is -0.478 e. The number of carboxylic acid groups (broad SMARTS) is 1. The van der Waals surface area contributed by atoms with E-state index in [4.69, 9.17) is 9.84 Å². The predicted molar refractivity (Wildman–Crippen MR) is 57.5 cm³/mol. The summed E-state index contributed by atoms with van der Waals surface area (Å²) in [6.45, 7) is 0. The third-order valence-electron chi connectivity index (χ3n) is 1.34. The molecule has 0 aromatic carbocycles. The van der Waals surface area contributed by atoms with Crippen LogP contribution in [0.1, 0.15) is 0 Å². The monoisotopic (exact) mass is 277 g/mol. The summed E-state index contributed by atoms with van der Waals surface area (Å²) in [5, 5.41) is 8.71. The van der Waals surface area contributed by atoms with Crippen molar-refractivity contribution in [1.82, 2.24) is 4.98 Å². The van der Waals surface area contributed by atoms with Gasteiger partial charge in [0.2, 0.25) is 11.3 Å². The van der Waals surface area contributed by atoms with Gasteiger partial charge in [-0.2, -0.15) is 0 Å². The molecular weight excluding hydrogens is 270 g/mol. The van der Waals surface area contributed by atoms with Crippen molar-refractivity contribution in [3.8, 4) is 5.88 Å². The molecule has 0 radical (unpaired) electrons. The van der Waals surface area contributed by atoms with Crippen LogP contribution in [0.3, 0.4) is 0 Å². The molecule has 4 nitrogen and oxygen atoms in total. The first-order valence-electron chi connectivity index (χ1n) is 3.67. The summed E-state index contributed by atoms with van der Waals surface area (Å²) in [4.78, 5) is 14.5. The van der Waals surface area contributed by atoms with Crippen LogP contribution in [-0.2, 0) is 4.79 Å². The van der Waals surface area contributed by atoms with Crippen LogP contribution in [-0.4, -0.2) is 27.8 Å². The molecule has 0 saturated heterocycles. The third-order valence-corrected chi connectivity index (χ3v) is 2.54. The highest BCUT2D eigenvalue weighted by molar-refractivity contribution is 9.10. The maximum atomic E-state index is 10.6. The zero-order chi connectivity index (χ0) is 10.6. The smallest absolute Gasteiger partial charge is 0.355 e. The molecule has 0 aliphatic heterocycles. The topological polar surface area (TPSA) is 59.4 Å². The minimum absolute atomic E-state index is 0.301. The molecular formula is C8H8BrNO3S. The van der Waals surface area contributed by atoms with Crippen LogP contribution in [0.5, 0.6) is 5.88 Å². The summed E-state index contributed by atoms with van der Waals surface area (Å²) in [6.07, 6.45) is 3.21. The van der Waals surface area contributed by atoms with Gasteiger partial charge in [0.1, 0.15) is 0 Å². The fourth-order valence-corrected chi connectivity index (χ4v) is 1.37.